The van der Waals surface area contributed by atoms with Gasteiger partial charge in [-0.15, -0.1) is 0 Å². The second-order valence-electron chi connectivity index (χ2n) is 2.69. The molecule has 2 rings (SSSR count). The van der Waals surface area contributed by atoms with Crippen LogP contribution in [0.5, 0.6) is 0 Å². The van der Waals surface area contributed by atoms with Crippen LogP contribution in [0.15, 0.2) is 24.5 Å². The normalized spacial score (nSPS) is 21.7. The molecule has 0 spiro atoms. The van der Waals surface area contributed by atoms with E-state index in [1.165, 1.54) is 0 Å². The Kier molecular flexibility index (Phi) is 1.66. The first-order chi connectivity index (χ1) is 5.86. The van der Waals surface area contributed by atoms with Crippen LogP contribution < -0.4 is 10.6 Å². The van der Waals surface area contributed by atoms with Gasteiger partial charge in [-0.25, -0.2) is 4.79 Å². The quantitative estimate of drug-likeness (QED) is 0.631. The van der Waals surface area contributed by atoms with Gasteiger partial charge < -0.3 is 10.6 Å². The molecule has 2 heterocycles. The third-order valence-corrected chi connectivity index (χ3v) is 1.86. The zero-order valence-corrected chi connectivity index (χ0v) is 6.45. The Labute approximate surface area is 70.0 Å². The molecule has 2 amide bonds. The van der Waals surface area contributed by atoms with Gasteiger partial charge in [-0.1, -0.05) is 6.07 Å². The van der Waals surface area contributed by atoms with Crippen molar-refractivity contribution in [2.45, 2.75) is 6.04 Å². The highest BCUT2D eigenvalue weighted by Crippen LogP contribution is 2.12. The van der Waals surface area contributed by atoms with Crippen molar-refractivity contribution < 1.29 is 4.79 Å². The van der Waals surface area contributed by atoms with Gasteiger partial charge in [-0.05, 0) is 11.6 Å². The Morgan fingerprint density at radius 3 is 3.08 bits per heavy atom. The number of urea groups is 1. The number of nitrogens with zero attached hydrogens (tertiary/aromatic N) is 1. The summed E-state index contributed by atoms with van der Waals surface area (Å²) in [6.45, 7) is 0.643. The zero-order chi connectivity index (χ0) is 8.39. The molecule has 4 heteroatoms. The molecule has 1 aromatic rings. The third kappa shape index (κ3) is 1.23. The van der Waals surface area contributed by atoms with Crippen LogP contribution in [0.1, 0.15) is 11.6 Å². The summed E-state index contributed by atoms with van der Waals surface area (Å²) in [6, 6.07) is 3.78. The highest BCUT2D eigenvalue weighted by atomic mass is 16.2. The SMILES string of the molecule is O=C1NC[C@H](c2cccnc2)N1. The number of carbonyl (C=O) groups excluding carboxylic acids is 1. The summed E-state index contributed by atoms with van der Waals surface area (Å²) in [4.78, 5) is 14.8. The number of rotatable bonds is 1. The lowest BCUT2D eigenvalue weighted by atomic mass is 10.1. The fourth-order valence-corrected chi connectivity index (χ4v) is 1.24. The molecule has 4 nitrogen and oxygen atoms in total. The van der Waals surface area contributed by atoms with Gasteiger partial charge in [0.05, 0.1) is 6.04 Å². The van der Waals surface area contributed by atoms with Crippen molar-refractivity contribution in [1.82, 2.24) is 15.6 Å². The Morgan fingerprint density at radius 2 is 2.50 bits per heavy atom. The number of aromatic nitrogens is 1. The molecule has 0 aliphatic carbocycles. The topological polar surface area (TPSA) is 54.0 Å². The molecule has 0 unspecified atom stereocenters. The highest BCUT2D eigenvalue weighted by molar-refractivity contribution is 5.76. The number of hydrogen-bond donors (Lipinski definition) is 2. The summed E-state index contributed by atoms with van der Waals surface area (Å²) in [6.07, 6.45) is 3.48. The van der Waals surface area contributed by atoms with Crippen LogP contribution in [-0.4, -0.2) is 17.6 Å². The molecule has 1 fully saturated rings. The minimum Gasteiger partial charge on any atom is -0.336 e. The molecule has 1 aromatic heterocycles. The molecule has 0 saturated carbocycles. The summed E-state index contributed by atoms with van der Waals surface area (Å²) in [5, 5.41) is 5.47. The maximum absolute atomic E-state index is 10.8. The minimum atomic E-state index is -0.108. The van der Waals surface area contributed by atoms with E-state index >= 15 is 0 Å². The summed E-state index contributed by atoms with van der Waals surface area (Å²) >= 11 is 0. The maximum Gasteiger partial charge on any atom is 0.315 e. The van der Waals surface area contributed by atoms with Crippen LogP contribution in [0.4, 0.5) is 4.79 Å². The maximum atomic E-state index is 10.8. The molecular weight excluding hydrogens is 154 g/mol. The van der Waals surface area contributed by atoms with Crippen molar-refractivity contribution in [3.05, 3.63) is 30.1 Å². The number of pyridine rings is 1. The number of nitrogens with one attached hydrogen (secondary N) is 2. The lowest BCUT2D eigenvalue weighted by Crippen LogP contribution is -2.21. The van der Waals surface area contributed by atoms with Crippen LogP contribution in [0.25, 0.3) is 0 Å². The molecule has 0 bridgehead atoms. The molecule has 0 radical (unpaired) electrons. The fourth-order valence-electron chi connectivity index (χ4n) is 1.24. The van der Waals surface area contributed by atoms with E-state index < -0.39 is 0 Å². The van der Waals surface area contributed by atoms with Gasteiger partial charge in [0.15, 0.2) is 0 Å². The second kappa shape index (κ2) is 2.81. The van der Waals surface area contributed by atoms with Crippen LogP contribution in [0.3, 0.4) is 0 Å². The van der Waals surface area contributed by atoms with Crippen molar-refractivity contribution in [3.63, 3.8) is 0 Å². The Hall–Kier alpha value is -1.58. The van der Waals surface area contributed by atoms with Gasteiger partial charge in [0.25, 0.3) is 0 Å². The Balaban J connectivity index is 2.16. The number of hydrogen-bond acceptors (Lipinski definition) is 2. The van der Waals surface area contributed by atoms with Crippen LogP contribution in [0, 0.1) is 0 Å². The lowest BCUT2D eigenvalue weighted by Gasteiger charge is -2.06. The fraction of sp³-hybridized carbons (Fsp3) is 0.250. The molecule has 1 aliphatic rings. The van der Waals surface area contributed by atoms with Crippen LogP contribution in [0.2, 0.25) is 0 Å². The molecule has 0 aromatic carbocycles. The van der Waals surface area contributed by atoms with E-state index in [2.05, 4.69) is 15.6 Å². The van der Waals surface area contributed by atoms with Gasteiger partial charge in [0, 0.05) is 18.9 Å². The first kappa shape index (κ1) is 7.09. The van der Waals surface area contributed by atoms with E-state index in [-0.39, 0.29) is 12.1 Å². The van der Waals surface area contributed by atoms with Gasteiger partial charge in [-0.3, -0.25) is 4.98 Å². The predicted octanol–water partition coefficient (Wildman–Crippen LogP) is 0.436. The molecule has 1 saturated heterocycles. The predicted molar refractivity (Wildman–Crippen MR) is 43.5 cm³/mol. The van der Waals surface area contributed by atoms with Crippen molar-refractivity contribution in [3.8, 4) is 0 Å². The van der Waals surface area contributed by atoms with Gasteiger partial charge >= 0.3 is 6.03 Å². The van der Waals surface area contributed by atoms with Gasteiger partial charge in [0.1, 0.15) is 0 Å². The average molecular weight is 163 g/mol. The van der Waals surface area contributed by atoms with Crippen molar-refractivity contribution in [2.75, 3.05) is 6.54 Å². The molecule has 2 N–H and O–H groups in total. The third-order valence-electron chi connectivity index (χ3n) is 1.86. The summed E-state index contributed by atoms with van der Waals surface area (Å²) in [5.74, 6) is 0. The molecular formula is C8H9N3O. The largest absolute Gasteiger partial charge is 0.336 e. The summed E-state index contributed by atoms with van der Waals surface area (Å²) in [7, 11) is 0. The second-order valence-corrected chi connectivity index (χ2v) is 2.69. The van der Waals surface area contributed by atoms with E-state index in [4.69, 9.17) is 0 Å². The van der Waals surface area contributed by atoms with Crippen molar-refractivity contribution in [2.24, 2.45) is 0 Å². The van der Waals surface area contributed by atoms with E-state index in [9.17, 15) is 4.79 Å². The monoisotopic (exact) mass is 163 g/mol. The van der Waals surface area contributed by atoms with Crippen LogP contribution in [-0.2, 0) is 0 Å². The smallest absolute Gasteiger partial charge is 0.315 e. The lowest BCUT2D eigenvalue weighted by molar-refractivity contribution is 0.247. The van der Waals surface area contributed by atoms with Gasteiger partial charge in [-0.2, -0.15) is 0 Å². The number of carbonyl (C=O) groups is 1. The molecule has 12 heavy (non-hydrogen) atoms. The molecule has 1 aliphatic heterocycles. The van der Waals surface area contributed by atoms with E-state index in [1.807, 2.05) is 12.1 Å². The number of amides is 2. The highest BCUT2D eigenvalue weighted by Gasteiger charge is 2.20. The summed E-state index contributed by atoms with van der Waals surface area (Å²) < 4.78 is 0. The van der Waals surface area contributed by atoms with Crippen molar-refractivity contribution in [1.29, 1.82) is 0 Å². The van der Waals surface area contributed by atoms with E-state index in [1.54, 1.807) is 12.4 Å². The molecule has 1 atom stereocenters. The van der Waals surface area contributed by atoms with Gasteiger partial charge in [0.2, 0.25) is 0 Å². The standard InChI is InChI=1S/C8H9N3O/c12-8-10-5-7(11-8)6-2-1-3-9-4-6/h1-4,7H,5H2,(H2,10,11,12)/t7-/m1/s1. The zero-order valence-electron chi connectivity index (χ0n) is 6.45. The summed E-state index contributed by atoms with van der Waals surface area (Å²) in [5.41, 5.74) is 1.04. The Morgan fingerprint density at radius 1 is 1.58 bits per heavy atom. The minimum absolute atomic E-state index is 0.0752. The van der Waals surface area contributed by atoms with Crippen LogP contribution >= 0.6 is 0 Å². The molecule has 62 valence electrons. The average Bonchev–Trinajstić information content (AvgIpc) is 2.54. The Bertz CT molecular complexity index is 286. The van der Waals surface area contributed by atoms with E-state index in [0.717, 1.165) is 5.56 Å². The van der Waals surface area contributed by atoms with Crippen molar-refractivity contribution >= 4 is 6.03 Å². The first-order valence-electron chi connectivity index (χ1n) is 3.80. The van der Waals surface area contributed by atoms with E-state index in [0.29, 0.717) is 6.54 Å². The first-order valence-corrected chi connectivity index (χ1v) is 3.80.